The average molecular weight is 565 g/mol. The molecule has 0 amide bonds. The molecule has 0 bridgehead atoms. The number of hydrogen-bond donors (Lipinski definition) is 4. The third kappa shape index (κ3) is 3.08. The maximum absolute atomic E-state index is 12.1. The first-order chi connectivity index (χ1) is 20.3. The molecule has 4 aromatic heterocycles. The normalized spacial score (nSPS) is 11.7. The van der Waals surface area contributed by atoms with Crippen LogP contribution in [0.5, 0.6) is 23.0 Å². The molecule has 14 nitrogen and oxygen atoms in total. The number of aryl methyl sites for hydroxylation is 2. The molecule has 0 aliphatic heterocycles. The fourth-order valence-corrected chi connectivity index (χ4v) is 5.60. The molecule has 4 aromatic carbocycles. The van der Waals surface area contributed by atoms with E-state index in [-0.39, 0.29) is 32.8 Å². The van der Waals surface area contributed by atoms with Gasteiger partial charge in [0.1, 0.15) is 34.7 Å². The number of H-pyrrole nitrogens is 2. The molecular formula is C28H20N8O6. The number of phenols is 2. The summed E-state index contributed by atoms with van der Waals surface area (Å²) in [6.07, 6.45) is 5.46. The van der Waals surface area contributed by atoms with E-state index in [1.807, 2.05) is 13.8 Å². The van der Waals surface area contributed by atoms with Crippen molar-refractivity contribution in [1.82, 2.24) is 39.9 Å². The van der Waals surface area contributed by atoms with Crippen molar-refractivity contribution >= 4 is 65.7 Å². The summed E-state index contributed by atoms with van der Waals surface area (Å²) in [5.41, 5.74) is 4.17. The van der Waals surface area contributed by atoms with Gasteiger partial charge >= 0.3 is 0 Å². The largest absolute Gasteiger partial charge is 0.503 e. The molecule has 0 saturated heterocycles. The highest BCUT2D eigenvalue weighted by molar-refractivity contribution is 6.24. The van der Waals surface area contributed by atoms with Crippen molar-refractivity contribution in [3.05, 3.63) is 56.9 Å². The summed E-state index contributed by atoms with van der Waals surface area (Å²) >= 11 is 0. The van der Waals surface area contributed by atoms with Crippen LogP contribution in [0.3, 0.4) is 0 Å². The van der Waals surface area contributed by atoms with Crippen LogP contribution in [0.1, 0.15) is 11.1 Å². The predicted molar refractivity (Wildman–Crippen MR) is 154 cm³/mol. The average Bonchev–Trinajstić information content (AvgIpc) is 3.03. The summed E-state index contributed by atoms with van der Waals surface area (Å²) in [6.45, 7) is 4.09. The Labute approximate surface area is 233 Å². The number of aromatic amines is 2. The van der Waals surface area contributed by atoms with E-state index in [0.717, 1.165) is 44.0 Å². The van der Waals surface area contributed by atoms with Gasteiger partial charge < -0.3 is 29.7 Å². The summed E-state index contributed by atoms with van der Waals surface area (Å²) in [7, 11) is 3.21. The zero-order valence-corrected chi connectivity index (χ0v) is 22.5. The molecule has 0 aliphatic rings. The first-order valence-corrected chi connectivity index (χ1v) is 12.5. The Kier molecular flexibility index (Phi) is 5.25. The lowest BCUT2D eigenvalue weighted by molar-refractivity contribution is 0.361. The Balaban J connectivity index is 0.000000138. The lowest BCUT2D eigenvalue weighted by Crippen LogP contribution is -2.11. The predicted octanol–water partition coefficient (Wildman–Crippen LogP) is 2.96. The molecule has 0 aliphatic carbocycles. The number of methoxy groups -OCH3 is 2. The van der Waals surface area contributed by atoms with Gasteiger partial charge in [0.2, 0.25) is 10.9 Å². The van der Waals surface area contributed by atoms with Crippen molar-refractivity contribution in [1.29, 1.82) is 0 Å². The Morgan fingerprint density at radius 2 is 0.952 bits per heavy atom. The summed E-state index contributed by atoms with van der Waals surface area (Å²) in [6, 6.07) is 0. The Bertz CT molecular complexity index is 2320. The molecule has 0 unspecified atom stereocenters. The van der Waals surface area contributed by atoms with E-state index in [2.05, 4.69) is 39.9 Å². The molecule has 0 radical (unpaired) electrons. The Morgan fingerprint density at radius 1 is 0.571 bits per heavy atom. The van der Waals surface area contributed by atoms with Gasteiger partial charge in [-0.25, -0.2) is 29.9 Å². The van der Waals surface area contributed by atoms with Crippen molar-refractivity contribution in [2.24, 2.45) is 0 Å². The summed E-state index contributed by atoms with van der Waals surface area (Å²) in [5.74, 6) is 0.0845. The van der Waals surface area contributed by atoms with Crippen molar-refractivity contribution in [2.75, 3.05) is 14.2 Å². The fraction of sp³-hybridized carbons (Fsp3) is 0.143. The smallest absolute Gasteiger partial charge is 0.248 e. The standard InChI is InChI=1S/C16H14N4O2.C12H6N4O4/c1-7-8(2)12-10-9-11(7)17-5-19-13(9)15(21-3)16(22-4)14(10)20-6-18-12;17-9-5-3-4-7(11(9)19)15-2-16-8(4)12(20)10(18)6(3)14-1-13-5/h5-6H,1-4H3;1-2,17,20H,(H,13,14)(H,15,16). The quantitative estimate of drug-likeness (QED) is 0.224. The monoisotopic (exact) mass is 564 g/mol. The molecule has 0 saturated carbocycles. The van der Waals surface area contributed by atoms with Crippen molar-refractivity contribution < 1.29 is 19.7 Å². The molecular weight excluding hydrogens is 544 g/mol. The second kappa shape index (κ2) is 8.79. The van der Waals surface area contributed by atoms with Gasteiger partial charge in [0.25, 0.3) is 0 Å². The number of rotatable bonds is 2. The molecule has 0 spiro atoms. The van der Waals surface area contributed by atoms with Gasteiger partial charge in [0.05, 0.1) is 48.9 Å². The molecule has 0 atom stereocenters. The van der Waals surface area contributed by atoms with Crippen LogP contribution < -0.4 is 20.3 Å². The minimum atomic E-state index is -0.682. The van der Waals surface area contributed by atoms with Gasteiger partial charge in [0.15, 0.2) is 23.0 Å². The number of phenolic OH excluding ortho intramolecular Hbond substituents is 2. The van der Waals surface area contributed by atoms with Crippen molar-refractivity contribution in [3.63, 3.8) is 0 Å². The van der Waals surface area contributed by atoms with Gasteiger partial charge in [-0.1, -0.05) is 0 Å². The zero-order chi connectivity index (χ0) is 29.4. The topological polar surface area (TPSA) is 202 Å². The van der Waals surface area contributed by atoms with E-state index in [9.17, 15) is 19.8 Å². The van der Waals surface area contributed by atoms with Crippen LogP contribution in [0, 0.1) is 13.8 Å². The van der Waals surface area contributed by atoms with Gasteiger partial charge in [-0.3, -0.25) is 9.59 Å². The first kappa shape index (κ1) is 25.1. The molecule has 8 aromatic rings. The van der Waals surface area contributed by atoms with Crippen molar-refractivity contribution in [2.45, 2.75) is 13.8 Å². The summed E-state index contributed by atoms with van der Waals surface area (Å²) in [4.78, 5) is 54.9. The number of nitrogens with one attached hydrogen (secondary N) is 2. The van der Waals surface area contributed by atoms with E-state index < -0.39 is 22.4 Å². The number of nitrogens with zero attached hydrogens (tertiary/aromatic N) is 6. The van der Waals surface area contributed by atoms with Crippen LogP contribution in [0.15, 0.2) is 34.9 Å². The van der Waals surface area contributed by atoms with Crippen molar-refractivity contribution in [3.8, 4) is 23.0 Å². The number of ether oxygens (including phenoxy) is 2. The van der Waals surface area contributed by atoms with E-state index in [1.165, 1.54) is 12.7 Å². The second-order valence-corrected chi connectivity index (χ2v) is 9.57. The molecule has 42 heavy (non-hydrogen) atoms. The summed E-state index contributed by atoms with van der Waals surface area (Å²) in [5, 5.41) is 22.3. The van der Waals surface area contributed by atoms with Crippen LogP contribution in [0.25, 0.3) is 65.7 Å². The highest BCUT2D eigenvalue weighted by atomic mass is 16.5. The molecule has 8 rings (SSSR count). The van der Waals surface area contributed by atoms with Crippen LogP contribution in [-0.4, -0.2) is 64.3 Å². The number of aromatic hydroxyl groups is 2. The van der Waals surface area contributed by atoms with E-state index in [4.69, 9.17) is 9.47 Å². The lowest BCUT2D eigenvalue weighted by Gasteiger charge is -2.17. The fourth-order valence-electron chi connectivity index (χ4n) is 5.60. The van der Waals surface area contributed by atoms with E-state index >= 15 is 0 Å². The SMILES string of the molecule is COc1c(OC)c2ncnc3c(C)c(C)c4ncnc1c4c32.O=c1c(O)c2[nH]cnc3c(=O)c(O)c4[nH]cnc1c4c23. The maximum Gasteiger partial charge on any atom is 0.248 e. The highest BCUT2D eigenvalue weighted by Crippen LogP contribution is 2.45. The minimum Gasteiger partial charge on any atom is -0.503 e. The van der Waals surface area contributed by atoms with Crippen LogP contribution >= 0.6 is 0 Å². The lowest BCUT2D eigenvalue weighted by atomic mass is 9.96. The Hall–Kier alpha value is -5.92. The second-order valence-electron chi connectivity index (χ2n) is 9.57. The summed E-state index contributed by atoms with van der Waals surface area (Å²) < 4.78 is 11.1. The number of hydrogen-bond acceptors (Lipinski definition) is 12. The zero-order valence-electron chi connectivity index (χ0n) is 22.5. The van der Waals surface area contributed by atoms with Gasteiger partial charge in [-0.2, -0.15) is 0 Å². The molecule has 0 fully saturated rings. The van der Waals surface area contributed by atoms with Crippen LogP contribution in [-0.2, 0) is 0 Å². The molecule has 4 N–H and O–H groups in total. The van der Waals surface area contributed by atoms with Gasteiger partial charge in [0, 0.05) is 21.5 Å². The third-order valence-electron chi connectivity index (χ3n) is 7.62. The third-order valence-corrected chi connectivity index (χ3v) is 7.62. The molecule has 208 valence electrons. The first-order valence-electron chi connectivity index (χ1n) is 12.5. The number of aromatic nitrogens is 8. The van der Waals surface area contributed by atoms with E-state index in [1.54, 1.807) is 26.9 Å². The van der Waals surface area contributed by atoms with Gasteiger partial charge in [-0.05, 0) is 25.0 Å². The number of benzene rings is 4. The minimum absolute atomic E-state index is 0.0366. The molecule has 4 heterocycles. The molecule has 14 heteroatoms. The maximum atomic E-state index is 12.1. The Morgan fingerprint density at radius 3 is 1.33 bits per heavy atom. The van der Waals surface area contributed by atoms with E-state index in [0.29, 0.717) is 11.5 Å². The highest BCUT2D eigenvalue weighted by Gasteiger charge is 2.25. The van der Waals surface area contributed by atoms with Crippen LogP contribution in [0.2, 0.25) is 0 Å². The van der Waals surface area contributed by atoms with Gasteiger partial charge in [-0.15, -0.1) is 0 Å². The van der Waals surface area contributed by atoms with Crippen LogP contribution in [0.4, 0.5) is 0 Å².